The lowest BCUT2D eigenvalue weighted by Gasteiger charge is -2.48. The SMILES string of the molecule is Cc1cccc(C(=O)N2CCC[C@@]3(CCC(=O)N(Cc4cnc(C)cn4)C3)C2)c1. The number of likely N-dealkylation sites (tertiary alicyclic amines) is 2. The van der Waals surface area contributed by atoms with Crippen molar-refractivity contribution in [2.75, 3.05) is 19.6 Å². The molecule has 0 bridgehead atoms. The molecule has 2 aromatic rings. The van der Waals surface area contributed by atoms with Gasteiger partial charge in [0.1, 0.15) is 0 Å². The van der Waals surface area contributed by atoms with Gasteiger partial charge in [0.25, 0.3) is 5.91 Å². The van der Waals surface area contributed by atoms with E-state index in [2.05, 4.69) is 9.97 Å². The van der Waals surface area contributed by atoms with Crippen LogP contribution in [0.15, 0.2) is 36.7 Å². The average molecular weight is 393 g/mol. The van der Waals surface area contributed by atoms with E-state index in [1.807, 2.05) is 47.9 Å². The molecule has 1 aromatic carbocycles. The van der Waals surface area contributed by atoms with Gasteiger partial charge in [-0.1, -0.05) is 17.7 Å². The fourth-order valence-electron chi connectivity index (χ4n) is 4.62. The van der Waals surface area contributed by atoms with Gasteiger partial charge in [0, 0.05) is 43.2 Å². The van der Waals surface area contributed by atoms with Gasteiger partial charge < -0.3 is 9.80 Å². The molecule has 6 heteroatoms. The predicted octanol–water partition coefficient (Wildman–Crippen LogP) is 3.14. The van der Waals surface area contributed by atoms with Crippen LogP contribution in [0.2, 0.25) is 0 Å². The van der Waals surface area contributed by atoms with Crippen molar-refractivity contribution in [1.82, 2.24) is 19.8 Å². The second-order valence-electron chi connectivity index (χ2n) is 8.60. The van der Waals surface area contributed by atoms with E-state index in [0.717, 1.165) is 48.3 Å². The number of rotatable bonds is 3. The van der Waals surface area contributed by atoms with Crippen LogP contribution in [0.25, 0.3) is 0 Å². The minimum atomic E-state index is -0.0240. The van der Waals surface area contributed by atoms with E-state index in [0.29, 0.717) is 26.1 Å². The molecule has 1 spiro atoms. The zero-order valence-corrected chi connectivity index (χ0v) is 17.2. The van der Waals surface area contributed by atoms with Gasteiger partial charge in [0.15, 0.2) is 0 Å². The number of benzene rings is 1. The fourth-order valence-corrected chi connectivity index (χ4v) is 4.62. The Morgan fingerprint density at radius 1 is 1.14 bits per heavy atom. The first kappa shape index (κ1) is 19.6. The molecule has 1 aromatic heterocycles. The summed E-state index contributed by atoms with van der Waals surface area (Å²) >= 11 is 0. The van der Waals surface area contributed by atoms with Crippen molar-refractivity contribution in [3.8, 4) is 0 Å². The van der Waals surface area contributed by atoms with Gasteiger partial charge in [0.2, 0.25) is 5.91 Å². The van der Waals surface area contributed by atoms with Crippen LogP contribution in [-0.2, 0) is 11.3 Å². The number of carbonyl (C=O) groups is 2. The number of aromatic nitrogens is 2. The summed E-state index contributed by atoms with van der Waals surface area (Å²) < 4.78 is 0. The summed E-state index contributed by atoms with van der Waals surface area (Å²) in [7, 11) is 0. The van der Waals surface area contributed by atoms with Crippen LogP contribution in [-0.4, -0.2) is 51.2 Å². The molecular weight excluding hydrogens is 364 g/mol. The van der Waals surface area contributed by atoms with Crippen molar-refractivity contribution >= 4 is 11.8 Å². The zero-order chi connectivity index (χ0) is 20.4. The molecule has 3 heterocycles. The Kier molecular flexibility index (Phi) is 5.35. The number of piperidine rings is 2. The number of hydrogen-bond donors (Lipinski definition) is 0. The Labute approximate surface area is 172 Å². The Balaban J connectivity index is 1.48. The molecule has 152 valence electrons. The molecule has 2 amide bonds. The van der Waals surface area contributed by atoms with Gasteiger partial charge in [-0.3, -0.25) is 19.6 Å². The number of carbonyl (C=O) groups excluding carboxylic acids is 2. The Bertz CT molecular complexity index is 911. The third kappa shape index (κ3) is 4.31. The molecule has 6 nitrogen and oxygen atoms in total. The molecule has 4 rings (SSSR count). The summed E-state index contributed by atoms with van der Waals surface area (Å²) in [6.45, 7) is 6.57. The Morgan fingerprint density at radius 3 is 2.76 bits per heavy atom. The molecule has 2 saturated heterocycles. The van der Waals surface area contributed by atoms with E-state index in [1.165, 1.54) is 0 Å². The van der Waals surface area contributed by atoms with Crippen molar-refractivity contribution in [3.63, 3.8) is 0 Å². The standard InChI is InChI=1S/C23H28N4O2/c1-17-5-3-6-19(11-17)22(29)26-10-4-8-23(15-26)9-7-21(28)27(16-23)14-20-13-24-18(2)12-25-20/h3,5-6,11-13H,4,7-10,14-16H2,1-2H3/t23-/m1/s1. The monoisotopic (exact) mass is 392 g/mol. The quantitative estimate of drug-likeness (QED) is 0.805. The van der Waals surface area contributed by atoms with E-state index in [-0.39, 0.29) is 17.2 Å². The number of amides is 2. The van der Waals surface area contributed by atoms with Gasteiger partial charge in [-0.05, 0) is 45.2 Å². The number of nitrogens with zero attached hydrogens (tertiary/aromatic N) is 4. The highest BCUT2D eigenvalue weighted by Gasteiger charge is 2.42. The van der Waals surface area contributed by atoms with Gasteiger partial charge >= 0.3 is 0 Å². The molecular formula is C23H28N4O2. The van der Waals surface area contributed by atoms with Gasteiger partial charge in [0.05, 0.1) is 24.1 Å². The van der Waals surface area contributed by atoms with Gasteiger partial charge in [-0.15, -0.1) is 0 Å². The topological polar surface area (TPSA) is 66.4 Å². The van der Waals surface area contributed by atoms with Crippen LogP contribution < -0.4 is 0 Å². The molecule has 0 N–H and O–H groups in total. The van der Waals surface area contributed by atoms with E-state index in [4.69, 9.17) is 0 Å². The summed E-state index contributed by atoms with van der Waals surface area (Å²) in [5.74, 6) is 0.265. The molecule has 0 saturated carbocycles. The van der Waals surface area contributed by atoms with Crippen molar-refractivity contribution in [3.05, 3.63) is 59.2 Å². The van der Waals surface area contributed by atoms with Crippen LogP contribution in [0, 0.1) is 19.3 Å². The smallest absolute Gasteiger partial charge is 0.253 e. The van der Waals surface area contributed by atoms with E-state index in [1.54, 1.807) is 12.4 Å². The lowest BCUT2D eigenvalue weighted by Crippen LogP contribution is -2.54. The molecule has 29 heavy (non-hydrogen) atoms. The van der Waals surface area contributed by atoms with Crippen molar-refractivity contribution in [2.45, 2.75) is 46.1 Å². The molecule has 2 aliphatic heterocycles. The third-order valence-corrected chi connectivity index (χ3v) is 6.15. The van der Waals surface area contributed by atoms with Gasteiger partial charge in [-0.2, -0.15) is 0 Å². The van der Waals surface area contributed by atoms with Crippen molar-refractivity contribution < 1.29 is 9.59 Å². The molecule has 0 aliphatic carbocycles. The first-order valence-electron chi connectivity index (χ1n) is 10.4. The lowest BCUT2D eigenvalue weighted by molar-refractivity contribution is -0.139. The molecule has 0 radical (unpaired) electrons. The highest BCUT2D eigenvalue weighted by Crippen LogP contribution is 2.39. The largest absolute Gasteiger partial charge is 0.338 e. The minimum absolute atomic E-state index is 0.0240. The Hall–Kier alpha value is -2.76. The molecule has 1 atom stereocenters. The van der Waals surface area contributed by atoms with Crippen LogP contribution in [0.5, 0.6) is 0 Å². The van der Waals surface area contributed by atoms with Crippen LogP contribution in [0.1, 0.15) is 53.0 Å². The second kappa shape index (κ2) is 7.93. The van der Waals surface area contributed by atoms with Crippen LogP contribution in [0.3, 0.4) is 0 Å². The van der Waals surface area contributed by atoms with Crippen LogP contribution in [0.4, 0.5) is 0 Å². The lowest BCUT2D eigenvalue weighted by atomic mass is 9.73. The summed E-state index contributed by atoms with van der Waals surface area (Å²) in [6, 6.07) is 7.79. The predicted molar refractivity (Wildman–Crippen MR) is 110 cm³/mol. The van der Waals surface area contributed by atoms with Crippen molar-refractivity contribution in [1.29, 1.82) is 0 Å². The van der Waals surface area contributed by atoms with Crippen LogP contribution >= 0.6 is 0 Å². The summed E-state index contributed by atoms with van der Waals surface area (Å²) in [5.41, 5.74) is 3.50. The summed E-state index contributed by atoms with van der Waals surface area (Å²) in [5, 5.41) is 0. The maximum absolute atomic E-state index is 13.1. The second-order valence-corrected chi connectivity index (χ2v) is 8.60. The van der Waals surface area contributed by atoms with Crippen molar-refractivity contribution in [2.24, 2.45) is 5.41 Å². The van der Waals surface area contributed by atoms with E-state index in [9.17, 15) is 9.59 Å². The summed E-state index contributed by atoms with van der Waals surface area (Å²) in [4.78, 5) is 38.2. The highest BCUT2D eigenvalue weighted by atomic mass is 16.2. The third-order valence-electron chi connectivity index (χ3n) is 6.15. The highest BCUT2D eigenvalue weighted by molar-refractivity contribution is 5.94. The zero-order valence-electron chi connectivity index (χ0n) is 17.2. The first-order chi connectivity index (χ1) is 13.9. The maximum atomic E-state index is 13.1. The van der Waals surface area contributed by atoms with Gasteiger partial charge in [-0.25, -0.2) is 0 Å². The minimum Gasteiger partial charge on any atom is -0.338 e. The Morgan fingerprint density at radius 2 is 2.00 bits per heavy atom. The van der Waals surface area contributed by atoms with E-state index < -0.39 is 0 Å². The normalized spacial score (nSPS) is 22.2. The molecule has 2 aliphatic rings. The number of aryl methyl sites for hydroxylation is 2. The first-order valence-corrected chi connectivity index (χ1v) is 10.4. The average Bonchev–Trinajstić information content (AvgIpc) is 2.72. The number of hydrogen-bond acceptors (Lipinski definition) is 4. The maximum Gasteiger partial charge on any atom is 0.253 e. The fraction of sp³-hybridized carbons (Fsp3) is 0.478. The molecule has 0 unspecified atom stereocenters. The summed E-state index contributed by atoms with van der Waals surface area (Å²) in [6.07, 6.45) is 6.89. The molecule has 2 fully saturated rings. The van der Waals surface area contributed by atoms with E-state index >= 15 is 0 Å².